The molecule has 0 saturated carbocycles. The minimum Gasteiger partial charge on any atom is -0.220 e. The number of pyridine rings is 1. The summed E-state index contributed by atoms with van der Waals surface area (Å²) in [5.41, 5.74) is 2.90. The van der Waals surface area contributed by atoms with Crippen molar-refractivity contribution in [3.8, 4) is 11.3 Å². The Morgan fingerprint density at radius 3 is 2.40 bits per heavy atom. The van der Waals surface area contributed by atoms with Crippen LogP contribution < -0.4 is 0 Å². The molecule has 0 saturated heterocycles. The fraction of sp³-hybridized carbons (Fsp3) is 0.154. The van der Waals surface area contributed by atoms with E-state index in [1.807, 2.05) is 30.3 Å². The fourth-order valence-electron chi connectivity index (χ4n) is 1.48. The van der Waals surface area contributed by atoms with E-state index in [0.29, 0.717) is 5.69 Å². The lowest BCUT2D eigenvalue weighted by atomic mass is 10.1. The van der Waals surface area contributed by atoms with E-state index in [4.69, 9.17) is 0 Å². The van der Waals surface area contributed by atoms with Crippen LogP contribution in [0.3, 0.4) is 0 Å². The Morgan fingerprint density at radius 1 is 1.07 bits per heavy atom. The topological polar surface area (TPSA) is 12.9 Å². The Kier molecular flexibility index (Phi) is 2.77. The normalized spacial score (nSPS) is 10.3. The van der Waals surface area contributed by atoms with Gasteiger partial charge in [0, 0.05) is 5.56 Å². The SMILES string of the molecule is CCc1ccc(-c2cccc(F)n2)cc1. The minimum absolute atomic E-state index is 0.438. The van der Waals surface area contributed by atoms with Crippen molar-refractivity contribution in [1.29, 1.82) is 0 Å². The van der Waals surface area contributed by atoms with Crippen LogP contribution in [0.5, 0.6) is 0 Å². The van der Waals surface area contributed by atoms with Crippen molar-refractivity contribution in [2.75, 3.05) is 0 Å². The molecule has 1 nitrogen and oxygen atoms in total. The van der Waals surface area contributed by atoms with Crippen LogP contribution in [-0.4, -0.2) is 4.98 Å². The number of hydrogen-bond acceptors (Lipinski definition) is 1. The Bertz CT molecular complexity index is 448. The van der Waals surface area contributed by atoms with Gasteiger partial charge in [0.05, 0.1) is 5.69 Å². The van der Waals surface area contributed by atoms with Crippen LogP contribution in [0, 0.1) is 5.95 Å². The van der Waals surface area contributed by atoms with Crippen LogP contribution in [0.2, 0.25) is 0 Å². The predicted molar refractivity (Wildman–Crippen MR) is 59.0 cm³/mol. The van der Waals surface area contributed by atoms with E-state index in [1.165, 1.54) is 11.6 Å². The molecular formula is C13H12FN. The molecule has 1 heterocycles. The van der Waals surface area contributed by atoms with Gasteiger partial charge in [-0.25, -0.2) is 4.98 Å². The summed E-state index contributed by atoms with van der Waals surface area (Å²) >= 11 is 0. The first-order valence-electron chi connectivity index (χ1n) is 5.01. The van der Waals surface area contributed by atoms with E-state index in [9.17, 15) is 4.39 Å². The van der Waals surface area contributed by atoms with Crippen LogP contribution in [-0.2, 0) is 6.42 Å². The van der Waals surface area contributed by atoms with Crippen LogP contribution >= 0.6 is 0 Å². The maximum absolute atomic E-state index is 12.9. The summed E-state index contributed by atoms with van der Waals surface area (Å²) in [5, 5.41) is 0. The first kappa shape index (κ1) is 9.84. The Hall–Kier alpha value is -1.70. The highest BCUT2D eigenvalue weighted by Gasteiger charge is 2.00. The van der Waals surface area contributed by atoms with Crippen molar-refractivity contribution in [3.63, 3.8) is 0 Å². The van der Waals surface area contributed by atoms with Crippen molar-refractivity contribution in [1.82, 2.24) is 4.98 Å². The molecule has 0 aliphatic rings. The zero-order chi connectivity index (χ0) is 10.7. The number of benzene rings is 1. The third-order valence-corrected chi connectivity index (χ3v) is 2.37. The molecule has 0 bridgehead atoms. The molecule has 1 aromatic heterocycles. The van der Waals surface area contributed by atoms with Crippen molar-refractivity contribution in [2.24, 2.45) is 0 Å². The molecule has 0 amide bonds. The average Bonchev–Trinajstić information content (AvgIpc) is 2.29. The summed E-state index contributed by atoms with van der Waals surface area (Å²) in [7, 11) is 0. The van der Waals surface area contributed by atoms with Gasteiger partial charge >= 0.3 is 0 Å². The van der Waals surface area contributed by atoms with Gasteiger partial charge in [-0.1, -0.05) is 37.3 Å². The zero-order valence-corrected chi connectivity index (χ0v) is 8.57. The van der Waals surface area contributed by atoms with E-state index in [1.54, 1.807) is 6.07 Å². The molecule has 76 valence electrons. The molecule has 0 spiro atoms. The van der Waals surface area contributed by atoms with E-state index < -0.39 is 5.95 Å². The number of rotatable bonds is 2. The third-order valence-electron chi connectivity index (χ3n) is 2.37. The lowest BCUT2D eigenvalue weighted by Crippen LogP contribution is -1.87. The standard InChI is InChI=1S/C13H12FN/c1-2-10-6-8-11(9-7-10)12-4-3-5-13(14)15-12/h3-9H,2H2,1H3. The molecule has 0 unspecified atom stereocenters. The largest absolute Gasteiger partial charge is 0.220 e. The first-order chi connectivity index (χ1) is 7.29. The number of hydrogen-bond donors (Lipinski definition) is 0. The second-order valence-electron chi connectivity index (χ2n) is 3.40. The summed E-state index contributed by atoms with van der Waals surface area (Å²) in [4.78, 5) is 3.83. The Labute approximate surface area is 88.6 Å². The second-order valence-corrected chi connectivity index (χ2v) is 3.40. The quantitative estimate of drug-likeness (QED) is 0.678. The molecule has 0 atom stereocenters. The van der Waals surface area contributed by atoms with Gasteiger partial charge in [-0.05, 0) is 24.1 Å². The monoisotopic (exact) mass is 201 g/mol. The van der Waals surface area contributed by atoms with E-state index in [0.717, 1.165) is 12.0 Å². The van der Waals surface area contributed by atoms with Gasteiger partial charge < -0.3 is 0 Å². The Balaban J connectivity index is 2.37. The predicted octanol–water partition coefficient (Wildman–Crippen LogP) is 3.45. The summed E-state index contributed by atoms with van der Waals surface area (Å²) in [6, 6.07) is 12.9. The van der Waals surface area contributed by atoms with E-state index in [2.05, 4.69) is 11.9 Å². The summed E-state index contributed by atoms with van der Waals surface area (Å²) in [6.07, 6.45) is 1.01. The van der Waals surface area contributed by atoms with Crippen molar-refractivity contribution in [3.05, 3.63) is 54.0 Å². The van der Waals surface area contributed by atoms with Gasteiger partial charge in [0.15, 0.2) is 0 Å². The molecule has 0 aliphatic heterocycles. The molecule has 0 N–H and O–H groups in total. The lowest BCUT2D eigenvalue weighted by Gasteiger charge is -2.01. The number of halogens is 1. The van der Waals surface area contributed by atoms with Crippen molar-refractivity contribution >= 4 is 0 Å². The van der Waals surface area contributed by atoms with Gasteiger partial charge in [-0.3, -0.25) is 0 Å². The van der Waals surface area contributed by atoms with Crippen LogP contribution in [0.15, 0.2) is 42.5 Å². The average molecular weight is 201 g/mol. The maximum atomic E-state index is 12.9. The van der Waals surface area contributed by atoms with Gasteiger partial charge in [-0.2, -0.15) is 4.39 Å². The van der Waals surface area contributed by atoms with Gasteiger partial charge in [-0.15, -0.1) is 0 Å². The highest BCUT2D eigenvalue weighted by molar-refractivity contribution is 5.59. The molecule has 15 heavy (non-hydrogen) atoms. The highest BCUT2D eigenvalue weighted by atomic mass is 19.1. The van der Waals surface area contributed by atoms with Gasteiger partial charge in [0.2, 0.25) is 5.95 Å². The first-order valence-corrected chi connectivity index (χ1v) is 5.01. The van der Waals surface area contributed by atoms with Gasteiger partial charge in [0.25, 0.3) is 0 Å². The molecular weight excluding hydrogens is 189 g/mol. The minimum atomic E-state index is -0.438. The molecule has 2 aromatic rings. The smallest absolute Gasteiger partial charge is 0.213 e. The zero-order valence-electron chi connectivity index (χ0n) is 8.57. The third kappa shape index (κ3) is 2.21. The summed E-state index contributed by atoms with van der Waals surface area (Å²) in [5.74, 6) is -0.438. The van der Waals surface area contributed by atoms with Crippen molar-refractivity contribution in [2.45, 2.75) is 13.3 Å². The molecule has 0 aliphatic carbocycles. The molecule has 2 rings (SSSR count). The molecule has 0 fully saturated rings. The van der Waals surface area contributed by atoms with Crippen molar-refractivity contribution < 1.29 is 4.39 Å². The number of nitrogens with zero attached hydrogens (tertiary/aromatic N) is 1. The highest BCUT2D eigenvalue weighted by Crippen LogP contribution is 2.17. The summed E-state index contributed by atoms with van der Waals surface area (Å²) in [6.45, 7) is 2.11. The van der Waals surface area contributed by atoms with E-state index in [-0.39, 0.29) is 0 Å². The van der Waals surface area contributed by atoms with E-state index >= 15 is 0 Å². The number of aryl methyl sites for hydroxylation is 1. The van der Waals surface area contributed by atoms with Crippen LogP contribution in [0.25, 0.3) is 11.3 Å². The van der Waals surface area contributed by atoms with Crippen LogP contribution in [0.1, 0.15) is 12.5 Å². The Morgan fingerprint density at radius 2 is 1.80 bits per heavy atom. The second kappa shape index (κ2) is 4.22. The van der Waals surface area contributed by atoms with Crippen LogP contribution in [0.4, 0.5) is 4.39 Å². The van der Waals surface area contributed by atoms with Gasteiger partial charge in [0.1, 0.15) is 0 Å². The number of aromatic nitrogens is 1. The lowest BCUT2D eigenvalue weighted by molar-refractivity contribution is 0.585. The molecule has 1 aromatic carbocycles. The fourth-order valence-corrected chi connectivity index (χ4v) is 1.48. The summed E-state index contributed by atoms with van der Waals surface area (Å²) < 4.78 is 12.9. The maximum Gasteiger partial charge on any atom is 0.213 e. The molecule has 2 heteroatoms. The molecule has 0 radical (unpaired) electrons.